The summed E-state index contributed by atoms with van der Waals surface area (Å²) < 4.78 is 12.8. The van der Waals surface area contributed by atoms with Crippen LogP contribution < -0.4 is 10.6 Å². The third-order valence-corrected chi connectivity index (χ3v) is 5.11. The third kappa shape index (κ3) is 5.87. The fraction of sp³-hybridized carbons (Fsp3) is 0.111. The van der Waals surface area contributed by atoms with Gasteiger partial charge in [-0.2, -0.15) is 0 Å². The van der Waals surface area contributed by atoms with Gasteiger partial charge in [0.2, 0.25) is 16.9 Å². The number of thioether (sulfide) groups is 1. The molecule has 6 nitrogen and oxygen atoms in total. The lowest BCUT2D eigenvalue weighted by Gasteiger charge is -2.05. The van der Waals surface area contributed by atoms with Crippen molar-refractivity contribution < 1.29 is 14.0 Å². The van der Waals surface area contributed by atoms with Gasteiger partial charge in [-0.1, -0.05) is 41.7 Å². The SMILES string of the molecule is O=C(CSCC(=O)Nc1nnc(-c2ccccc2)s1)Nc1ccc(F)cc1. The highest BCUT2D eigenvalue weighted by Crippen LogP contribution is 2.25. The van der Waals surface area contributed by atoms with E-state index in [1.807, 2.05) is 30.3 Å². The molecule has 2 N–H and O–H groups in total. The van der Waals surface area contributed by atoms with Gasteiger partial charge >= 0.3 is 0 Å². The summed E-state index contributed by atoms with van der Waals surface area (Å²) in [5.41, 5.74) is 1.44. The van der Waals surface area contributed by atoms with Gasteiger partial charge in [0.1, 0.15) is 10.8 Å². The first-order valence-corrected chi connectivity index (χ1v) is 9.89. The zero-order valence-electron chi connectivity index (χ0n) is 14.0. The molecule has 0 unspecified atom stereocenters. The largest absolute Gasteiger partial charge is 0.325 e. The number of hydrogen-bond donors (Lipinski definition) is 2. The van der Waals surface area contributed by atoms with Gasteiger partial charge in [0, 0.05) is 11.3 Å². The Labute approximate surface area is 163 Å². The van der Waals surface area contributed by atoms with Crippen molar-refractivity contribution in [1.29, 1.82) is 0 Å². The van der Waals surface area contributed by atoms with Crippen LogP contribution in [0.5, 0.6) is 0 Å². The smallest absolute Gasteiger partial charge is 0.236 e. The second-order valence-corrected chi connectivity index (χ2v) is 7.34. The zero-order chi connectivity index (χ0) is 19.1. The summed E-state index contributed by atoms with van der Waals surface area (Å²) in [4.78, 5) is 23.8. The van der Waals surface area contributed by atoms with Gasteiger partial charge in [0.05, 0.1) is 11.5 Å². The molecule has 1 heterocycles. The van der Waals surface area contributed by atoms with E-state index in [0.29, 0.717) is 10.8 Å². The summed E-state index contributed by atoms with van der Waals surface area (Å²) in [7, 11) is 0. The van der Waals surface area contributed by atoms with E-state index < -0.39 is 0 Å². The van der Waals surface area contributed by atoms with Crippen molar-refractivity contribution >= 4 is 45.7 Å². The van der Waals surface area contributed by atoms with Gasteiger partial charge in [-0.25, -0.2) is 4.39 Å². The molecule has 27 heavy (non-hydrogen) atoms. The van der Waals surface area contributed by atoms with Crippen molar-refractivity contribution in [2.24, 2.45) is 0 Å². The molecule has 9 heteroatoms. The van der Waals surface area contributed by atoms with Crippen LogP contribution in [0.3, 0.4) is 0 Å². The fourth-order valence-corrected chi connectivity index (χ4v) is 3.48. The summed E-state index contributed by atoms with van der Waals surface area (Å²) in [6.07, 6.45) is 0. The number of nitrogens with one attached hydrogen (secondary N) is 2. The number of rotatable bonds is 7. The highest BCUT2D eigenvalue weighted by Gasteiger charge is 2.11. The van der Waals surface area contributed by atoms with Crippen LogP contribution in [-0.2, 0) is 9.59 Å². The lowest BCUT2D eigenvalue weighted by Crippen LogP contribution is -2.18. The first-order valence-electron chi connectivity index (χ1n) is 7.92. The summed E-state index contributed by atoms with van der Waals surface area (Å²) in [6, 6.07) is 15.0. The van der Waals surface area contributed by atoms with Crippen molar-refractivity contribution in [3.63, 3.8) is 0 Å². The molecule has 0 saturated carbocycles. The third-order valence-electron chi connectivity index (χ3n) is 3.29. The molecule has 0 spiro atoms. The molecule has 0 aliphatic carbocycles. The molecule has 3 rings (SSSR count). The second kappa shape index (κ2) is 9.24. The number of aromatic nitrogens is 2. The lowest BCUT2D eigenvalue weighted by atomic mass is 10.2. The molecule has 0 aliphatic heterocycles. The maximum Gasteiger partial charge on any atom is 0.236 e. The molecule has 0 radical (unpaired) electrons. The number of halogens is 1. The van der Waals surface area contributed by atoms with E-state index >= 15 is 0 Å². The standard InChI is InChI=1S/C18H15FN4O2S2/c19-13-6-8-14(9-7-13)20-15(24)10-26-11-16(25)21-18-23-22-17(27-18)12-4-2-1-3-5-12/h1-9H,10-11H2,(H,20,24)(H,21,23,25). The maximum atomic E-state index is 12.8. The van der Waals surface area contributed by atoms with Gasteiger partial charge in [-0.15, -0.1) is 22.0 Å². The monoisotopic (exact) mass is 402 g/mol. The van der Waals surface area contributed by atoms with Gasteiger partial charge in [-0.3, -0.25) is 14.9 Å². The van der Waals surface area contributed by atoms with Gasteiger partial charge in [0.15, 0.2) is 0 Å². The van der Waals surface area contributed by atoms with Crippen LogP contribution >= 0.6 is 23.1 Å². The Bertz CT molecular complexity index is 917. The van der Waals surface area contributed by atoms with Crippen molar-refractivity contribution in [2.75, 3.05) is 22.1 Å². The topological polar surface area (TPSA) is 84.0 Å². The molecule has 0 atom stereocenters. The summed E-state index contributed by atoms with van der Waals surface area (Å²) in [5, 5.41) is 14.5. The average Bonchev–Trinajstić information content (AvgIpc) is 3.13. The highest BCUT2D eigenvalue weighted by atomic mass is 32.2. The van der Waals surface area contributed by atoms with E-state index in [2.05, 4.69) is 20.8 Å². The van der Waals surface area contributed by atoms with Crippen LogP contribution in [-0.4, -0.2) is 33.5 Å². The maximum absolute atomic E-state index is 12.8. The molecule has 0 fully saturated rings. The van der Waals surface area contributed by atoms with Crippen LogP contribution in [0.2, 0.25) is 0 Å². The van der Waals surface area contributed by atoms with E-state index in [1.54, 1.807) is 0 Å². The normalized spacial score (nSPS) is 10.4. The van der Waals surface area contributed by atoms with Crippen molar-refractivity contribution in [3.8, 4) is 10.6 Å². The lowest BCUT2D eigenvalue weighted by molar-refractivity contribution is -0.114. The molecule has 2 aromatic carbocycles. The fourth-order valence-electron chi connectivity index (χ4n) is 2.09. The Morgan fingerprint density at radius 2 is 1.59 bits per heavy atom. The Kier molecular flexibility index (Phi) is 6.50. The second-order valence-electron chi connectivity index (χ2n) is 5.37. The summed E-state index contributed by atoms with van der Waals surface area (Å²) in [6.45, 7) is 0. The minimum Gasteiger partial charge on any atom is -0.325 e. The van der Waals surface area contributed by atoms with Crippen molar-refractivity contribution in [2.45, 2.75) is 0 Å². The molecule has 0 saturated heterocycles. The van der Waals surface area contributed by atoms with Crippen molar-refractivity contribution in [3.05, 3.63) is 60.4 Å². The average molecular weight is 402 g/mol. The van der Waals surface area contributed by atoms with Gasteiger partial charge in [0.25, 0.3) is 0 Å². The van der Waals surface area contributed by atoms with Crippen LogP contribution in [0.4, 0.5) is 15.2 Å². The minimum atomic E-state index is -0.369. The molecule has 138 valence electrons. The van der Waals surface area contributed by atoms with Crippen LogP contribution in [0.15, 0.2) is 54.6 Å². The van der Waals surface area contributed by atoms with Crippen molar-refractivity contribution in [1.82, 2.24) is 10.2 Å². The first-order chi connectivity index (χ1) is 13.1. The number of carbonyl (C=O) groups is 2. The molecular weight excluding hydrogens is 387 g/mol. The van der Waals surface area contributed by atoms with Gasteiger partial charge < -0.3 is 5.32 Å². The van der Waals surface area contributed by atoms with E-state index in [0.717, 1.165) is 10.6 Å². The van der Waals surface area contributed by atoms with Crippen LogP contribution in [0, 0.1) is 5.82 Å². The van der Waals surface area contributed by atoms with E-state index in [9.17, 15) is 14.0 Å². The Morgan fingerprint density at radius 3 is 2.30 bits per heavy atom. The highest BCUT2D eigenvalue weighted by molar-refractivity contribution is 8.00. The van der Waals surface area contributed by atoms with Crippen LogP contribution in [0.25, 0.3) is 10.6 Å². The predicted molar refractivity (Wildman–Crippen MR) is 106 cm³/mol. The number of hydrogen-bond acceptors (Lipinski definition) is 6. The van der Waals surface area contributed by atoms with E-state index in [4.69, 9.17) is 0 Å². The summed E-state index contributed by atoms with van der Waals surface area (Å²) in [5.74, 6) is -0.675. The predicted octanol–water partition coefficient (Wildman–Crippen LogP) is 3.65. The Hall–Kier alpha value is -2.78. The molecule has 0 bridgehead atoms. The molecular formula is C18H15FN4O2S2. The number of nitrogens with zero attached hydrogens (tertiary/aromatic N) is 2. The number of benzene rings is 2. The number of anilines is 2. The Balaban J connectivity index is 1.41. The zero-order valence-corrected chi connectivity index (χ0v) is 15.6. The molecule has 2 amide bonds. The van der Waals surface area contributed by atoms with E-state index in [1.165, 1.54) is 47.4 Å². The van der Waals surface area contributed by atoms with E-state index in [-0.39, 0.29) is 29.1 Å². The quantitative estimate of drug-likeness (QED) is 0.630. The number of amides is 2. The number of carbonyl (C=O) groups excluding carboxylic acids is 2. The minimum absolute atomic E-state index is 0.107. The molecule has 0 aliphatic rings. The first kappa shape index (κ1) is 19.0. The molecule has 1 aromatic heterocycles. The molecule has 3 aromatic rings. The van der Waals surface area contributed by atoms with Crippen LogP contribution in [0.1, 0.15) is 0 Å². The van der Waals surface area contributed by atoms with Gasteiger partial charge in [-0.05, 0) is 24.3 Å². The summed E-state index contributed by atoms with van der Waals surface area (Å²) >= 11 is 2.46. The Morgan fingerprint density at radius 1 is 0.926 bits per heavy atom.